The molecule has 70 valence electrons. The largest absolute Gasteiger partial charge is 0.154 e. The first-order valence-electron chi connectivity index (χ1n) is 3.90. The first-order chi connectivity index (χ1) is 6.16. The number of hydrogen-bond acceptors (Lipinski definition) is 3. The molecule has 0 fully saturated rings. The van der Waals surface area contributed by atoms with E-state index in [1.54, 1.807) is 11.8 Å². The second kappa shape index (κ2) is 4.63. The van der Waals surface area contributed by atoms with Gasteiger partial charge in [0.05, 0.1) is 0 Å². The molecule has 0 aliphatic rings. The average Bonchev–Trinajstić information content (AvgIpc) is 2.13. The molecule has 0 saturated heterocycles. The van der Waals surface area contributed by atoms with E-state index in [-0.39, 0.29) is 0 Å². The summed E-state index contributed by atoms with van der Waals surface area (Å²) in [5.41, 5.74) is 2.11. The molecule has 0 atom stereocenters. The molecule has 0 aliphatic carbocycles. The molecule has 0 unspecified atom stereocenters. The topological polar surface area (TPSA) is 25.8 Å². The average molecular weight is 215 g/mol. The second-order valence-electron chi connectivity index (χ2n) is 2.65. The summed E-state index contributed by atoms with van der Waals surface area (Å²) < 4.78 is 0. The summed E-state index contributed by atoms with van der Waals surface area (Å²) in [7, 11) is 0. The zero-order chi connectivity index (χ0) is 9.84. The molecule has 1 aromatic rings. The second-order valence-corrected chi connectivity index (χ2v) is 4.01. The van der Waals surface area contributed by atoms with Gasteiger partial charge in [-0.3, -0.25) is 0 Å². The Labute approximate surface area is 87.4 Å². The fourth-order valence-corrected chi connectivity index (χ4v) is 1.75. The van der Waals surface area contributed by atoms with Crippen LogP contribution >= 0.6 is 23.4 Å². The smallest absolute Gasteiger partial charge is 0.142 e. The van der Waals surface area contributed by atoms with Crippen LogP contribution in [-0.2, 0) is 0 Å². The maximum absolute atomic E-state index is 5.82. The number of thioether (sulfide) groups is 1. The van der Waals surface area contributed by atoms with Crippen molar-refractivity contribution in [3.63, 3.8) is 0 Å². The van der Waals surface area contributed by atoms with Crippen LogP contribution in [0.15, 0.2) is 17.7 Å². The van der Waals surface area contributed by atoms with Crippen LogP contribution in [0.4, 0.5) is 0 Å². The normalized spacial score (nSPS) is 10.1. The molecule has 0 aromatic carbocycles. The van der Waals surface area contributed by atoms with Crippen molar-refractivity contribution in [2.24, 2.45) is 0 Å². The first kappa shape index (κ1) is 10.5. The van der Waals surface area contributed by atoms with Crippen molar-refractivity contribution >= 4 is 23.4 Å². The molecule has 0 radical (unpaired) electrons. The maximum Gasteiger partial charge on any atom is 0.154 e. The van der Waals surface area contributed by atoms with Crippen LogP contribution in [0.1, 0.15) is 11.1 Å². The van der Waals surface area contributed by atoms with E-state index in [1.807, 2.05) is 19.9 Å². The van der Waals surface area contributed by atoms with Crippen molar-refractivity contribution in [1.82, 2.24) is 10.2 Å². The van der Waals surface area contributed by atoms with Gasteiger partial charge in [0.2, 0.25) is 0 Å². The SMILES string of the molecule is C=CCSc1nnc(Cl)c(C)c1C. The molecule has 1 heterocycles. The van der Waals surface area contributed by atoms with E-state index < -0.39 is 0 Å². The molecule has 0 spiro atoms. The van der Waals surface area contributed by atoms with Crippen molar-refractivity contribution in [1.29, 1.82) is 0 Å². The molecule has 0 saturated carbocycles. The lowest BCUT2D eigenvalue weighted by Gasteiger charge is -2.05. The summed E-state index contributed by atoms with van der Waals surface area (Å²) in [5, 5.41) is 9.28. The number of halogens is 1. The van der Waals surface area contributed by atoms with Gasteiger partial charge in [-0.25, -0.2) is 0 Å². The van der Waals surface area contributed by atoms with Crippen molar-refractivity contribution in [2.75, 3.05) is 5.75 Å². The van der Waals surface area contributed by atoms with E-state index in [9.17, 15) is 0 Å². The summed E-state index contributed by atoms with van der Waals surface area (Å²) >= 11 is 7.44. The first-order valence-corrected chi connectivity index (χ1v) is 5.26. The van der Waals surface area contributed by atoms with Crippen LogP contribution in [0.25, 0.3) is 0 Å². The summed E-state index contributed by atoms with van der Waals surface area (Å²) in [6.07, 6.45) is 1.84. The van der Waals surface area contributed by atoms with Gasteiger partial charge in [0.1, 0.15) is 5.03 Å². The highest BCUT2D eigenvalue weighted by Gasteiger charge is 2.07. The molecule has 2 nitrogen and oxygen atoms in total. The molecule has 0 aliphatic heterocycles. The third-order valence-corrected chi connectivity index (χ3v) is 3.18. The highest BCUT2D eigenvalue weighted by atomic mass is 35.5. The van der Waals surface area contributed by atoms with Gasteiger partial charge in [-0.2, -0.15) is 0 Å². The third-order valence-electron chi connectivity index (χ3n) is 1.76. The van der Waals surface area contributed by atoms with E-state index in [0.717, 1.165) is 21.9 Å². The summed E-state index contributed by atoms with van der Waals surface area (Å²) in [5.74, 6) is 0.844. The molecule has 1 rings (SSSR count). The Morgan fingerprint density at radius 2 is 2.08 bits per heavy atom. The fraction of sp³-hybridized carbons (Fsp3) is 0.333. The van der Waals surface area contributed by atoms with Gasteiger partial charge in [-0.1, -0.05) is 17.7 Å². The Morgan fingerprint density at radius 1 is 1.38 bits per heavy atom. The van der Waals surface area contributed by atoms with E-state index in [4.69, 9.17) is 11.6 Å². The number of nitrogens with zero attached hydrogens (tertiary/aromatic N) is 2. The van der Waals surface area contributed by atoms with Gasteiger partial charge in [0, 0.05) is 5.75 Å². The van der Waals surface area contributed by atoms with Crippen LogP contribution in [0.5, 0.6) is 0 Å². The highest BCUT2D eigenvalue weighted by Crippen LogP contribution is 2.24. The molecule has 0 amide bonds. The molecular weight excluding hydrogens is 204 g/mol. The Morgan fingerprint density at radius 3 is 2.69 bits per heavy atom. The molecule has 4 heteroatoms. The minimum absolute atomic E-state index is 0.487. The minimum atomic E-state index is 0.487. The van der Waals surface area contributed by atoms with Crippen molar-refractivity contribution < 1.29 is 0 Å². The van der Waals surface area contributed by atoms with Gasteiger partial charge < -0.3 is 0 Å². The van der Waals surface area contributed by atoms with E-state index >= 15 is 0 Å². The van der Waals surface area contributed by atoms with Crippen LogP contribution < -0.4 is 0 Å². The van der Waals surface area contributed by atoms with Crippen molar-refractivity contribution in [2.45, 2.75) is 18.9 Å². The van der Waals surface area contributed by atoms with Crippen LogP contribution in [0.2, 0.25) is 5.15 Å². The quantitative estimate of drug-likeness (QED) is 0.572. The lowest BCUT2D eigenvalue weighted by molar-refractivity contribution is 0.892. The summed E-state index contributed by atoms with van der Waals surface area (Å²) in [6.45, 7) is 7.60. The summed E-state index contributed by atoms with van der Waals surface area (Å²) in [4.78, 5) is 0. The molecular formula is C9H11ClN2S. The van der Waals surface area contributed by atoms with Crippen molar-refractivity contribution in [3.8, 4) is 0 Å². The minimum Gasteiger partial charge on any atom is -0.142 e. The zero-order valence-corrected chi connectivity index (χ0v) is 9.24. The maximum atomic E-state index is 5.82. The van der Waals surface area contributed by atoms with Gasteiger partial charge in [-0.15, -0.1) is 28.5 Å². The van der Waals surface area contributed by atoms with E-state index in [1.165, 1.54) is 0 Å². The van der Waals surface area contributed by atoms with E-state index in [0.29, 0.717) is 5.15 Å². The number of rotatable bonds is 3. The predicted octanol–water partition coefficient (Wildman–Crippen LogP) is 3.02. The fourth-order valence-electron chi connectivity index (χ4n) is 0.829. The lowest BCUT2D eigenvalue weighted by Crippen LogP contribution is -1.95. The van der Waals surface area contributed by atoms with Gasteiger partial charge in [0.15, 0.2) is 5.15 Å². The summed E-state index contributed by atoms with van der Waals surface area (Å²) in [6, 6.07) is 0. The van der Waals surface area contributed by atoms with E-state index in [2.05, 4.69) is 16.8 Å². The molecule has 13 heavy (non-hydrogen) atoms. The Hall–Kier alpha value is -0.540. The Bertz CT molecular complexity index is 326. The van der Waals surface area contributed by atoms with Crippen LogP contribution in [0, 0.1) is 13.8 Å². The lowest BCUT2D eigenvalue weighted by atomic mass is 10.2. The number of aromatic nitrogens is 2. The highest BCUT2D eigenvalue weighted by molar-refractivity contribution is 7.99. The van der Waals surface area contributed by atoms with Crippen LogP contribution in [-0.4, -0.2) is 16.0 Å². The van der Waals surface area contributed by atoms with Gasteiger partial charge in [0.25, 0.3) is 0 Å². The van der Waals surface area contributed by atoms with Crippen LogP contribution in [0.3, 0.4) is 0 Å². The molecule has 0 bridgehead atoms. The predicted molar refractivity (Wildman–Crippen MR) is 57.4 cm³/mol. The standard InChI is InChI=1S/C9H11ClN2S/c1-4-5-13-9-7(3)6(2)8(10)11-12-9/h4H,1,5H2,2-3H3. The number of hydrogen-bond donors (Lipinski definition) is 0. The van der Waals surface area contributed by atoms with Gasteiger partial charge in [-0.05, 0) is 25.0 Å². The van der Waals surface area contributed by atoms with Crippen molar-refractivity contribution in [3.05, 3.63) is 28.9 Å². The Kier molecular flexibility index (Phi) is 3.75. The van der Waals surface area contributed by atoms with Gasteiger partial charge >= 0.3 is 0 Å². The monoisotopic (exact) mass is 214 g/mol. The molecule has 1 aromatic heterocycles. The Balaban J connectivity index is 2.96. The zero-order valence-electron chi connectivity index (χ0n) is 7.67. The third kappa shape index (κ3) is 2.45. The molecule has 0 N–H and O–H groups in total.